The lowest BCUT2D eigenvalue weighted by atomic mass is 10.0. The lowest BCUT2D eigenvalue weighted by Gasteiger charge is -2.36. The Balaban J connectivity index is 1.87. The van der Waals surface area contributed by atoms with Gasteiger partial charge in [-0.2, -0.15) is 0 Å². The van der Waals surface area contributed by atoms with E-state index in [9.17, 15) is 15.0 Å². The predicted molar refractivity (Wildman–Crippen MR) is 80.2 cm³/mol. The van der Waals surface area contributed by atoms with Gasteiger partial charge in [-0.3, -0.25) is 0 Å². The first-order valence-electron chi connectivity index (χ1n) is 7.31. The first kappa shape index (κ1) is 15.9. The molecule has 1 aromatic heterocycles. The molecule has 2 heterocycles. The molecular formula is C16H18O7. The summed E-state index contributed by atoms with van der Waals surface area (Å²) in [6.45, 7) is 1.52. The normalized spacial score (nSPS) is 28.0. The van der Waals surface area contributed by atoms with Gasteiger partial charge in [-0.1, -0.05) is 0 Å². The van der Waals surface area contributed by atoms with Crippen LogP contribution in [0.4, 0.5) is 0 Å². The highest BCUT2D eigenvalue weighted by molar-refractivity contribution is 5.81. The van der Waals surface area contributed by atoms with Crippen LogP contribution in [-0.2, 0) is 4.74 Å². The van der Waals surface area contributed by atoms with Crippen molar-refractivity contribution >= 4 is 11.0 Å². The van der Waals surface area contributed by atoms with Gasteiger partial charge in [0, 0.05) is 23.9 Å². The summed E-state index contributed by atoms with van der Waals surface area (Å²) < 4.78 is 16.1. The number of aryl methyl sites for hydroxylation is 1. The summed E-state index contributed by atoms with van der Waals surface area (Å²) in [6, 6.07) is 6.31. The van der Waals surface area contributed by atoms with Crippen molar-refractivity contribution in [2.75, 3.05) is 6.61 Å². The van der Waals surface area contributed by atoms with Crippen LogP contribution in [0.2, 0.25) is 0 Å². The van der Waals surface area contributed by atoms with Crippen LogP contribution >= 0.6 is 0 Å². The van der Waals surface area contributed by atoms with E-state index in [1.807, 2.05) is 0 Å². The molecule has 124 valence electrons. The average molecular weight is 322 g/mol. The first-order chi connectivity index (χ1) is 11.0. The molecule has 0 spiro atoms. The van der Waals surface area contributed by atoms with Gasteiger partial charge >= 0.3 is 5.63 Å². The highest BCUT2D eigenvalue weighted by atomic mass is 16.7. The van der Waals surface area contributed by atoms with Crippen molar-refractivity contribution < 1.29 is 29.2 Å². The molecule has 3 rings (SSSR count). The molecule has 1 aromatic carbocycles. The highest BCUT2D eigenvalue weighted by Crippen LogP contribution is 2.27. The average Bonchev–Trinajstić information content (AvgIpc) is 2.51. The molecule has 1 saturated heterocycles. The van der Waals surface area contributed by atoms with Crippen molar-refractivity contribution in [3.63, 3.8) is 0 Å². The van der Waals surface area contributed by atoms with Crippen LogP contribution in [0.25, 0.3) is 11.0 Å². The Hall–Kier alpha value is -1.93. The smallest absolute Gasteiger partial charge is 0.336 e. The van der Waals surface area contributed by atoms with E-state index in [2.05, 4.69) is 0 Å². The van der Waals surface area contributed by atoms with E-state index < -0.39 is 30.2 Å². The zero-order chi connectivity index (χ0) is 16.6. The number of aliphatic hydroxyl groups is 3. The van der Waals surface area contributed by atoms with Gasteiger partial charge < -0.3 is 29.2 Å². The zero-order valence-electron chi connectivity index (χ0n) is 12.5. The van der Waals surface area contributed by atoms with Crippen molar-refractivity contribution in [3.8, 4) is 5.75 Å². The topological polar surface area (TPSA) is 109 Å². The molecule has 1 aliphatic rings. The minimum atomic E-state index is -1.24. The van der Waals surface area contributed by atoms with Gasteiger partial charge in [0.05, 0.1) is 18.8 Å². The van der Waals surface area contributed by atoms with E-state index in [1.165, 1.54) is 12.1 Å². The highest BCUT2D eigenvalue weighted by Gasteiger charge is 2.38. The number of fused-ring (bicyclic) bond motifs is 1. The van der Waals surface area contributed by atoms with E-state index in [0.717, 1.165) is 10.9 Å². The molecule has 7 nitrogen and oxygen atoms in total. The third-order valence-corrected chi connectivity index (χ3v) is 3.88. The standard InChI is InChI=1S/C16H18O7/c1-8-4-14(19)23-13-6-9(2-3-11(8)13)21-16-15(20)12(18)5-10(7-17)22-16/h2-4,6,10,12,15-18,20H,5,7H2,1H3. The maximum Gasteiger partial charge on any atom is 0.336 e. The summed E-state index contributed by atoms with van der Waals surface area (Å²) in [5, 5.41) is 29.7. The van der Waals surface area contributed by atoms with Crippen LogP contribution in [0.15, 0.2) is 33.5 Å². The second-order valence-electron chi connectivity index (χ2n) is 5.63. The van der Waals surface area contributed by atoms with Gasteiger partial charge in [0.15, 0.2) is 0 Å². The Morgan fingerprint density at radius 2 is 2.09 bits per heavy atom. The molecule has 7 heteroatoms. The summed E-state index contributed by atoms with van der Waals surface area (Å²) in [7, 11) is 0. The monoisotopic (exact) mass is 322 g/mol. The minimum Gasteiger partial charge on any atom is -0.462 e. The third-order valence-electron chi connectivity index (χ3n) is 3.88. The number of hydrogen-bond acceptors (Lipinski definition) is 7. The van der Waals surface area contributed by atoms with Crippen LogP contribution in [0.1, 0.15) is 12.0 Å². The van der Waals surface area contributed by atoms with E-state index in [-0.39, 0.29) is 13.0 Å². The molecule has 4 atom stereocenters. The Bertz CT molecular complexity index is 754. The van der Waals surface area contributed by atoms with Crippen LogP contribution in [0, 0.1) is 6.92 Å². The van der Waals surface area contributed by atoms with Crippen molar-refractivity contribution in [1.29, 1.82) is 0 Å². The summed E-state index contributed by atoms with van der Waals surface area (Å²) in [6.07, 6.45) is -3.89. The van der Waals surface area contributed by atoms with Crippen molar-refractivity contribution in [2.45, 2.75) is 37.9 Å². The van der Waals surface area contributed by atoms with Crippen LogP contribution in [-0.4, -0.2) is 46.5 Å². The summed E-state index contributed by atoms with van der Waals surface area (Å²) >= 11 is 0. The Morgan fingerprint density at radius 3 is 2.83 bits per heavy atom. The molecule has 3 N–H and O–H groups in total. The molecule has 0 saturated carbocycles. The van der Waals surface area contributed by atoms with Gasteiger partial charge in [-0.25, -0.2) is 4.79 Å². The molecule has 1 fully saturated rings. The molecule has 0 amide bonds. The lowest BCUT2D eigenvalue weighted by Crippen LogP contribution is -2.51. The molecular weight excluding hydrogens is 304 g/mol. The third kappa shape index (κ3) is 3.23. The van der Waals surface area contributed by atoms with E-state index in [4.69, 9.17) is 19.0 Å². The Labute approximate surface area is 131 Å². The van der Waals surface area contributed by atoms with Gasteiger partial charge in [-0.05, 0) is 24.6 Å². The predicted octanol–water partition coefficient (Wildman–Crippen LogP) is 0.309. The number of benzene rings is 1. The van der Waals surface area contributed by atoms with Gasteiger partial charge in [0.25, 0.3) is 0 Å². The second kappa shape index (κ2) is 6.29. The molecule has 4 unspecified atom stereocenters. The maximum atomic E-state index is 11.4. The maximum absolute atomic E-state index is 11.4. The fourth-order valence-corrected chi connectivity index (χ4v) is 2.64. The Kier molecular flexibility index (Phi) is 4.36. The van der Waals surface area contributed by atoms with Crippen molar-refractivity contribution in [1.82, 2.24) is 0 Å². The molecule has 0 bridgehead atoms. The molecule has 0 radical (unpaired) electrons. The number of aliphatic hydroxyl groups excluding tert-OH is 3. The summed E-state index contributed by atoms with van der Waals surface area (Å²) in [5.41, 5.74) is 0.682. The second-order valence-corrected chi connectivity index (χ2v) is 5.63. The van der Waals surface area contributed by atoms with Crippen LogP contribution in [0.3, 0.4) is 0 Å². The molecule has 2 aromatic rings. The fourth-order valence-electron chi connectivity index (χ4n) is 2.64. The number of rotatable bonds is 3. The van der Waals surface area contributed by atoms with E-state index >= 15 is 0 Å². The van der Waals surface area contributed by atoms with Crippen molar-refractivity contribution in [2.24, 2.45) is 0 Å². The summed E-state index contributed by atoms with van der Waals surface area (Å²) in [4.78, 5) is 11.4. The number of ether oxygens (including phenoxy) is 2. The SMILES string of the molecule is Cc1cc(=O)oc2cc(OC3OC(CO)CC(O)C3O)ccc12. The van der Waals surface area contributed by atoms with Gasteiger partial charge in [-0.15, -0.1) is 0 Å². The largest absolute Gasteiger partial charge is 0.462 e. The van der Waals surface area contributed by atoms with Crippen LogP contribution < -0.4 is 10.4 Å². The van der Waals surface area contributed by atoms with Gasteiger partial charge in [0.2, 0.25) is 6.29 Å². The molecule has 1 aliphatic heterocycles. The van der Waals surface area contributed by atoms with Gasteiger partial charge in [0.1, 0.15) is 17.4 Å². The quantitative estimate of drug-likeness (QED) is 0.698. The van der Waals surface area contributed by atoms with Crippen LogP contribution in [0.5, 0.6) is 5.75 Å². The summed E-state index contributed by atoms with van der Waals surface area (Å²) in [5.74, 6) is 0.320. The fraction of sp³-hybridized carbons (Fsp3) is 0.438. The lowest BCUT2D eigenvalue weighted by molar-refractivity contribution is -0.240. The minimum absolute atomic E-state index is 0.128. The van der Waals surface area contributed by atoms with E-state index in [0.29, 0.717) is 11.3 Å². The van der Waals surface area contributed by atoms with Crippen molar-refractivity contribution in [3.05, 3.63) is 40.2 Å². The molecule has 23 heavy (non-hydrogen) atoms. The number of hydrogen-bond donors (Lipinski definition) is 3. The first-order valence-corrected chi connectivity index (χ1v) is 7.31. The zero-order valence-corrected chi connectivity index (χ0v) is 12.5. The van der Waals surface area contributed by atoms with E-state index in [1.54, 1.807) is 19.1 Å². The Morgan fingerprint density at radius 1 is 1.30 bits per heavy atom. The molecule has 0 aliphatic carbocycles.